The summed E-state index contributed by atoms with van der Waals surface area (Å²) in [4.78, 5) is 0. The molecule has 0 saturated heterocycles. The summed E-state index contributed by atoms with van der Waals surface area (Å²) in [7, 11) is -3.91. The number of sulfonamides is 1. The lowest BCUT2D eigenvalue weighted by Crippen LogP contribution is -2.20. The van der Waals surface area contributed by atoms with Gasteiger partial charge in [0.1, 0.15) is 0 Å². The van der Waals surface area contributed by atoms with Crippen LogP contribution in [0.2, 0.25) is 5.02 Å². The summed E-state index contributed by atoms with van der Waals surface area (Å²) in [5.41, 5.74) is -1.77. The molecule has 0 spiro atoms. The van der Waals surface area contributed by atoms with Crippen molar-refractivity contribution < 1.29 is 21.6 Å². The fraction of sp³-hybridized carbons (Fsp3) is 0.455. The third-order valence-electron chi connectivity index (χ3n) is 2.37. The van der Waals surface area contributed by atoms with Crippen LogP contribution in [-0.2, 0) is 16.2 Å². The molecule has 20 heavy (non-hydrogen) atoms. The van der Waals surface area contributed by atoms with Crippen molar-refractivity contribution >= 4 is 38.9 Å². The van der Waals surface area contributed by atoms with E-state index in [0.717, 1.165) is 12.1 Å². The molecule has 0 fully saturated rings. The highest BCUT2D eigenvalue weighted by Crippen LogP contribution is 2.38. The summed E-state index contributed by atoms with van der Waals surface area (Å²) in [6.07, 6.45) is -3.99. The van der Waals surface area contributed by atoms with Crippen LogP contribution in [0.3, 0.4) is 0 Å². The Balaban J connectivity index is 3.03. The standard InChI is InChI=1S/C11H12Cl2F3NO2S/c12-6-1-2-7-20(18,19)17-10-8(11(14,15)16)4-3-5-9(10)13/h3-5,17H,1-2,6-7H2. The summed E-state index contributed by atoms with van der Waals surface area (Å²) in [5, 5.41) is -0.305. The minimum absolute atomic E-state index is 0.255. The second-order valence-corrected chi connectivity index (χ2v) is 6.60. The number of nitrogens with one attached hydrogen (secondary N) is 1. The number of benzene rings is 1. The van der Waals surface area contributed by atoms with Crippen LogP contribution >= 0.6 is 23.2 Å². The lowest BCUT2D eigenvalue weighted by Gasteiger charge is -2.16. The van der Waals surface area contributed by atoms with Crippen LogP contribution in [0.5, 0.6) is 0 Å². The fourth-order valence-corrected chi connectivity index (χ4v) is 3.14. The van der Waals surface area contributed by atoms with Gasteiger partial charge in [-0.3, -0.25) is 4.72 Å². The maximum absolute atomic E-state index is 12.8. The second kappa shape index (κ2) is 6.87. The smallest absolute Gasteiger partial charge is 0.281 e. The Morgan fingerprint density at radius 1 is 1.20 bits per heavy atom. The van der Waals surface area contributed by atoms with Gasteiger partial charge in [-0.2, -0.15) is 13.2 Å². The molecule has 0 amide bonds. The first-order valence-electron chi connectivity index (χ1n) is 5.59. The van der Waals surface area contributed by atoms with Crippen molar-refractivity contribution in [3.05, 3.63) is 28.8 Å². The highest BCUT2D eigenvalue weighted by atomic mass is 35.5. The monoisotopic (exact) mass is 349 g/mol. The van der Waals surface area contributed by atoms with Gasteiger partial charge in [-0.1, -0.05) is 17.7 Å². The van der Waals surface area contributed by atoms with E-state index in [2.05, 4.69) is 0 Å². The third-order valence-corrected chi connectivity index (χ3v) is 4.30. The van der Waals surface area contributed by atoms with Crippen molar-refractivity contribution in [1.29, 1.82) is 0 Å². The van der Waals surface area contributed by atoms with Gasteiger partial charge in [-0.25, -0.2) is 8.42 Å². The lowest BCUT2D eigenvalue weighted by atomic mass is 10.2. The Kier molecular flexibility index (Phi) is 5.97. The Bertz CT molecular complexity index is 561. The zero-order valence-corrected chi connectivity index (χ0v) is 12.5. The molecule has 0 aliphatic heterocycles. The fourth-order valence-electron chi connectivity index (χ4n) is 1.46. The van der Waals surface area contributed by atoms with Crippen LogP contribution in [-0.4, -0.2) is 20.1 Å². The molecular formula is C11H12Cl2F3NO2S. The van der Waals surface area contributed by atoms with Crippen LogP contribution in [0.1, 0.15) is 18.4 Å². The number of hydrogen-bond donors (Lipinski definition) is 1. The molecule has 114 valence electrons. The minimum Gasteiger partial charge on any atom is -0.281 e. The van der Waals surface area contributed by atoms with Crippen molar-refractivity contribution in [2.75, 3.05) is 16.4 Å². The molecule has 0 aliphatic carbocycles. The molecule has 0 radical (unpaired) electrons. The number of para-hydroxylation sites is 1. The summed E-state index contributed by atoms with van der Waals surface area (Å²) >= 11 is 11.1. The molecule has 0 bridgehead atoms. The van der Waals surface area contributed by atoms with Crippen molar-refractivity contribution in [2.24, 2.45) is 0 Å². The number of anilines is 1. The van der Waals surface area contributed by atoms with E-state index in [-0.39, 0.29) is 23.1 Å². The predicted octanol–water partition coefficient (Wildman–Crippen LogP) is 4.12. The van der Waals surface area contributed by atoms with E-state index in [1.165, 1.54) is 6.07 Å². The molecule has 1 N–H and O–H groups in total. The maximum Gasteiger partial charge on any atom is 0.418 e. The Morgan fingerprint density at radius 2 is 1.85 bits per heavy atom. The number of unbranched alkanes of at least 4 members (excludes halogenated alkanes) is 1. The van der Waals surface area contributed by atoms with Crippen LogP contribution in [0.4, 0.5) is 18.9 Å². The first-order chi connectivity index (χ1) is 9.17. The molecule has 0 aliphatic rings. The zero-order chi connectivity index (χ0) is 15.4. The highest BCUT2D eigenvalue weighted by molar-refractivity contribution is 7.92. The van der Waals surface area contributed by atoms with Crippen molar-refractivity contribution in [3.8, 4) is 0 Å². The molecule has 0 saturated carbocycles. The Morgan fingerprint density at radius 3 is 2.40 bits per heavy atom. The van der Waals surface area contributed by atoms with Crippen molar-refractivity contribution in [1.82, 2.24) is 0 Å². The van der Waals surface area contributed by atoms with Gasteiger partial charge in [-0.15, -0.1) is 11.6 Å². The normalized spacial score (nSPS) is 12.4. The summed E-state index contributed by atoms with van der Waals surface area (Å²) in [5.74, 6) is -0.0301. The van der Waals surface area contributed by atoms with Gasteiger partial charge in [0.15, 0.2) is 0 Å². The molecule has 0 heterocycles. The Hall–Kier alpha value is -0.660. The Labute approximate surface area is 125 Å². The molecule has 1 rings (SSSR count). The van der Waals surface area contributed by atoms with E-state index in [9.17, 15) is 21.6 Å². The van der Waals surface area contributed by atoms with Crippen molar-refractivity contribution in [3.63, 3.8) is 0 Å². The van der Waals surface area contributed by atoms with E-state index in [4.69, 9.17) is 23.2 Å². The van der Waals surface area contributed by atoms with E-state index in [0.29, 0.717) is 6.42 Å². The predicted molar refractivity (Wildman–Crippen MR) is 73.8 cm³/mol. The molecule has 9 heteroatoms. The molecule has 1 aromatic rings. The van der Waals surface area contributed by atoms with Gasteiger partial charge >= 0.3 is 6.18 Å². The highest BCUT2D eigenvalue weighted by Gasteiger charge is 2.35. The molecule has 1 aromatic carbocycles. The van der Waals surface area contributed by atoms with E-state index in [1.807, 2.05) is 4.72 Å². The summed E-state index contributed by atoms with van der Waals surface area (Å²) < 4.78 is 63.7. The number of halogens is 5. The van der Waals surface area contributed by atoms with Crippen molar-refractivity contribution in [2.45, 2.75) is 19.0 Å². The lowest BCUT2D eigenvalue weighted by molar-refractivity contribution is -0.136. The molecule has 0 atom stereocenters. The topological polar surface area (TPSA) is 46.2 Å². The summed E-state index contributed by atoms with van der Waals surface area (Å²) in [6.45, 7) is 0. The molecule has 3 nitrogen and oxygen atoms in total. The van der Waals surface area contributed by atoms with Crippen LogP contribution in [0.15, 0.2) is 18.2 Å². The summed E-state index contributed by atoms with van der Waals surface area (Å²) in [6, 6.07) is 3.06. The first kappa shape index (κ1) is 17.4. The molecular weight excluding hydrogens is 338 g/mol. The maximum atomic E-state index is 12.8. The van der Waals surface area contributed by atoms with Gasteiger partial charge in [0.2, 0.25) is 10.0 Å². The third kappa shape index (κ3) is 5.03. The first-order valence-corrected chi connectivity index (χ1v) is 8.16. The van der Waals surface area contributed by atoms with Gasteiger partial charge in [0.25, 0.3) is 0 Å². The average molecular weight is 350 g/mol. The largest absolute Gasteiger partial charge is 0.418 e. The number of hydrogen-bond acceptors (Lipinski definition) is 2. The molecule has 0 aromatic heterocycles. The van der Waals surface area contributed by atoms with Crippen LogP contribution in [0.25, 0.3) is 0 Å². The van der Waals surface area contributed by atoms with Crippen LogP contribution in [0, 0.1) is 0 Å². The van der Waals surface area contributed by atoms with Crippen LogP contribution < -0.4 is 4.72 Å². The quantitative estimate of drug-likeness (QED) is 0.620. The van der Waals surface area contributed by atoms with E-state index < -0.39 is 27.5 Å². The van der Waals surface area contributed by atoms with Gasteiger partial charge in [0.05, 0.1) is 22.0 Å². The van der Waals surface area contributed by atoms with Gasteiger partial charge in [-0.05, 0) is 25.0 Å². The number of rotatable bonds is 6. The second-order valence-electron chi connectivity index (χ2n) is 3.98. The van der Waals surface area contributed by atoms with E-state index >= 15 is 0 Å². The zero-order valence-electron chi connectivity index (χ0n) is 10.2. The van der Waals surface area contributed by atoms with Gasteiger partial charge in [0, 0.05) is 5.88 Å². The number of alkyl halides is 4. The van der Waals surface area contributed by atoms with E-state index in [1.54, 1.807) is 0 Å². The van der Waals surface area contributed by atoms with Gasteiger partial charge < -0.3 is 0 Å². The average Bonchev–Trinajstić information content (AvgIpc) is 2.30. The SMILES string of the molecule is O=S(=O)(CCCCCl)Nc1c(Cl)cccc1C(F)(F)F. The molecule has 0 unspecified atom stereocenters. The minimum atomic E-state index is -4.70.